The molecule has 4 heterocycles. The van der Waals surface area contributed by atoms with Crippen molar-refractivity contribution in [1.29, 1.82) is 0 Å². The van der Waals surface area contributed by atoms with Crippen molar-refractivity contribution in [3.63, 3.8) is 0 Å². The highest BCUT2D eigenvalue weighted by molar-refractivity contribution is 7.17. The van der Waals surface area contributed by atoms with Crippen molar-refractivity contribution in [2.24, 2.45) is 0 Å². The lowest BCUT2D eigenvalue weighted by atomic mass is 10.0. The van der Waals surface area contributed by atoms with E-state index in [-0.39, 0.29) is 5.56 Å². The van der Waals surface area contributed by atoms with Gasteiger partial charge in [0.15, 0.2) is 5.82 Å². The first-order chi connectivity index (χ1) is 12.8. The molecule has 1 aliphatic carbocycles. The van der Waals surface area contributed by atoms with Gasteiger partial charge in [-0.1, -0.05) is 18.2 Å². The smallest absolute Gasteiger partial charge is 0.276 e. The minimum absolute atomic E-state index is 0.0441. The molecule has 0 spiro atoms. The van der Waals surface area contributed by atoms with Crippen molar-refractivity contribution in [2.45, 2.75) is 25.8 Å². The summed E-state index contributed by atoms with van der Waals surface area (Å²) in [4.78, 5) is 19.8. The number of hydrogen-bond acceptors (Lipinski definition) is 4. The largest absolute Gasteiger partial charge is 0.293 e. The lowest BCUT2D eigenvalue weighted by Gasteiger charge is -2.26. The number of nitrogens with one attached hydrogen (secondary N) is 1. The lowest BCUT2D eigenvalue weighted by Crippen LogP contribution is -2.33. The molecule has 1 N–H and O–H groups in total. The number of rotatable bonds is 3. The highest BCUT2D eigenvalue weighted by Crippen LogP contribution is 2.25. The van der Waals surface area contributed by atoms with Gasteiger partial charge >= 0.3 is 0 Å². The highest BCUT2D eigenvalue weighted by Gasteiger charge is 2.24. The molecule has 0 aromatic carbocycles. The molecule has 3 aromatic heterocycles. The van der Waals surface area contributed by atoms with Crippen molar-refractivity contribution < 1.29 is 0 Å². The number of pyridine rings is 1. The van der Waals surface area contributed by atoms with E-state index in [2.05, 4.69) is 33.2 Å². The highest BCUT2D eigenvalue weighted by atomic mass is 32.1. The lowest BCUT2D eigenvalue weighted by molar-refractivity contribution is 0.273. The fraction of sp³-hybridized carbons (Fsp3) is 0.300. The maximum Gasteiger partial charge on any atom is 0.276 e. The molecule has 26 heavy (non-hydrogen) atoms. The molecule has 0 atom stereocenters. The molecule has 1 aliphatic heterocycles. The van der Waals surface area contributed by atoms with E-state index in [4.69, 9.17) is 0 Å². The summed E-state index contributed by atoms with van der Waals surface area (Å²) < 4.78 is 2.77. The first-order valence-corrected chi connectivity index (χ1v) is 9.91. The Morgan fingerprint density at radius 1 is 1.27 bits per heavy atom. The number of H-pyrrole nitrogens is 1. The van der Waals surface area contributed by atoms with Gasteiger partial charge in [0.05, 0.1) is 5.69 Å². The molecule has 5 rings (SSSR count). The molecule has 0 unspecified atom stereocenters. The molecular weight excluding hydrogens is 344 g/mol. The number of allylic oxidation sites excluding steroid dienone is 2. The Morgan fingerprint density at radius 2 is 2.23 bits per heavy atom. The molecule has 0 fully saturated rings. The Morgan fingerprint density at radius 3 is 3.12 bits per heavy atom. The molecule has 0 radical (unpaired) electrons. The third-order valence-corrected chi connectivity index (χ3v) is 6.06. The van der Waals surface area contributed by atoms with Crippen LogP contribution < -0.4 is 5.56 Å². The minimum Gasteiger partial charge on any atom is -0.293 e. The van der Waals surface area contributed by atoms with Gasteiger partial charge in [0.25, 0.3) is 5.56 Å². The molecule has 132 valence electrons. The number of aromatic nitrogens is 3. The molecular formula is C20H20N4OS. The van der Waals surface area contributed by atoms with E-state index < -0.39 is 0 Å². The quantitative estimate of drug-likeness (QED) is 0.775. The van der Waals surface area contributed by atoms with Gasteiger partial charge in [0.1, 0.15) is 0 Å². The summed E-state index contributed by atoms with van der Waals surface area (Å²) in [5.41, 5.74) is 3.35. The van der Waals surface area contributed by atoms with E-state index in [1.54, 1.807) is 22.2 Å². The molecule has 0 saturated heterocycles. The molecule has 0 amide bonds. The summed E-state index contributed by atoms with van der Waals surface area (Å²) in [6.07, 6.45) is 11.6. The molecule has 2 aliphatic rings. The van der Waals surface area contributed by atoms with Crippen LogP contribution in [0.15, 0.2) is 52.3 Å². The van der Waals surface area contributed by atoms with Gasteiger partial charge < -0.3 is 0 Å². The van der Waals surface area contributed by atoms with E-state index >= 15 is 0 Å². The van der Waals surface area contributed by atoms with Crippen LogP contribution in [-0.4, -0.2) is 32.8 Å². The zero-order valence-corrected chi connectivity index (χ0v) is 15.3. The SMILES string of the molecule is O=c1c2c([nH]n1-c1nccc3sccc13)CN(CC1=CCCC=C1)CC2. The number of nitrogens with zero attached hydrogens (tertiary/aromatic N) is 3. The average molecular weight is 364 g/mol. The summed E-state index contributed by atoms with van der Waals surface area (Å²) in [5, 5.41) is 6.39. The Labute approximate surface area is 155 Å². The number of thiophene rings is 1. The van der Waals surface area contributed by atoms with Gasteiger partial charge in [-0.25, -0.2) is 9.67 Å². The Kier molecular flexibility index (Phi) is 3.87. The van der Waals surface area contributed by atoms with Crippen LogP contribution in [0.2, 0.25) is 0 Å². The van der Waals surface area contributed by atoms with Gasteiger partial charge in [-0.05, 0) is 42.3 Å². The van der Waals surface area contributed by atoms with Crippen molar-refractivity contribution >= 4 is 21.4 Å². The van der Waals surface area contributed by atoms with Gasteiger partial charge in [0, 0.05) is 41.5 Å². The first-order valence-electron chi connectivity index (χ1n) is 9.03. The molecule has 3 aromatic rings. The van der Waals surface area contributed by atoms with Crippen molar-refractivity contribution in [3.8, 4) is 5.82 Å². The van der Waals surface area contributed by atoms with Crippen LogP contribution in [0.4, 0.5) is 0 Å². The number of fused-ring (bicyclic) bond motifs is 2. The summed E-state index contributed by atoms with van der Waals surface area (Å²) in [6.45, 7) is 2.64. The summed E-state index contributed by atoms with van der Waals surface area (Å²) in [6, 6.07) is 4.02. The van der Waals surface area contributed by atoms with E-state index in [0.29, 0.717) is 5.82 Å². The van der Waals surface area contributed by atoms with Crippen LogP contribution in [0.1, 0.15) is 24.1 Å². The molecule has 0 bridgehead atoms. The maximum absolute atomic E-state index is 12.9. The monoisotopic (exact) mass is 364 g/mol. The Hall–Kier alpha value is -2.44. The second-order valence-electron chi connectivity index (χ2n) is 6.90. The van der Waals surface area contributed by atoms with Crippen LogP contribution >= 0.6 is 11.3 Å². The minimum atomic E-state index is 0.0441. The fourth-order valence-corrected chi connectivity index (χ4v) is 4.64. The van der Waals surface area contributed by atoms with E-state index in [1.807, 2.05) is 17.5 Å². The molecule has 5 nitrogen and oxygen atoms in total. The molecule has 6 heteroatoms. The van der Waals surface area contributed by atoms with Gasteiger partial charge in [0.2, 0.25) is 0 Å². The second kappa shape index (κ2) is 6.37. The van der Waals surface area contributed by atoms with E-state index in [1.165, 1.54) is 5.57 Å². The van der Waals surface area contributed by atoms with Crippen molar-refractivity contribution in [1.82, 2.24) is 19.7 Å². The van der Waals surface area contributed by atoms with Gasteiger partial charge in [-0.2, -0.15) is 0 Å². The standard InChI is InChI=1S/C20H20N4OS/c25-20-15-7-10-23(12-14-4-2-1-3-5-14)13-17(15)22-24(20)19-16-8-11-26-18(16)6-9-21-19/h2,4-6,8-9,11,22H,1,3,7,10,12-13H2. The zero-order valence-electron chi connectivity index (χ0n) is 14.4. The van der Waals surface area contributed by atoms with Crippen LogP contribution in [0, 0.1) is 0 Å². The predicted molar refractivity (Wildman–Crippen MR) is 105 cm³/mol. The summed E-state index contributed by atoms with van der Waals surface area (Å²) in [7, 11) is 0. The fourth-order valence-electron chi connectivity index (χ4n) is 3.86. The van der Waals surface area contributed by atoms with Gasteiger partial charge in [-0.3, -0.25) is 14.8 Å². The Bertz CT molecular complexity index is 1080. The first kappa shape index (κ1) is 15.8. The zero-order chi connectivity index (χ0) is 17.5. The van der Waals surface area contributed by atoms with E-state index in [9.17, 15) is 4.79 Å². The van der Waals surface area contributed by atoms with Crippen LogP contribution in [0.5, 0.6) is 0 Å². The van der Waals surface area contributed by atoms with Gasteiger partial charge in [-0.15, -0.1) is 11.3 Å². The summed E-state index contributed by atoms with van der Waals surface area (Å²) >= 11 is 1.67. The Balaban J connectivity index is 1.47. The second-order valence-corrected chi connectivity index (χ2v) is 7.84. The molecule has 0 saturated carbocycles. The third kappa shape index (κ3) is 2.66. The maximum atomic E-state index is 12.9. The normalized spacial score (nSPS) is 17.5. The van der Waals surface area contributed by atoms with Crippen LogP contribution in [0.25, 0.3) is 15.9 Å². The van der Waals surface area contributed by atoms with Crippen molar-refractivity contribution in [2.75, 3.05) is 13.1 Å². The number of aromatic amines is 1. The third-order valence-electron chi connectivity index (χ3n) is 5.18. The topological polar surface area (TPSA) is 53.9 Å². The van der Waals surface area contributed by atoms with Crippen LogP contribution in [0.3, 0.4) is 0 Å². The average Bonchev–Trinajstić information content (AvgIpc) is 3.27. The van der Waals surface area contributed by atoms with E-state index in [0.717, 1.165) is 60.2 Å². The number of hydrogen-bond donors (Lipinski definition) is 1. The van der Waals surface area contributed by atoms with Crippen LogP contribution in [-0.2, 0) is 13.0 Å². The predicted octanol–water partition coefficient (Wildman–Crippen LogP) is 3.41. The summed E-state index contributed by atoms with van der Waals surface area (Å²) in [5.74, 6) is 0.702. The van der Waals surface area contributed by atoms with Crippen molar-refractivity contribution in [3.05, 3.63) is 69.1 Å².